The van der Waals surface area contributed by atoms with Crippen molar-refractivity contribution in [2.45, 2.75) is 13.5 Å². The van der Waals surface area contributed by atoms with Crippen LogP contribution >= 0.6 is 15.9 Å². The predicted octanol–water partition coefficient (Wildman–Crippen LogP) is 6.28. The molecule has 31 heavy (non-hydrogen) atoms. The topological polar surface area (TPSA) is 74.7 Å². The summed E-state index contributed by atoms with van der Waals surface area (Å²) in [6, 6.07) is 17.5. The number of amides is 2. The maximum atomic E-state index is 12.6. The van der Waals surface area contributed by atoms with Gasteiger partial charge in [-0.15, -0.1) is 0 Å². The summed E-state index contributed by atoms with van der Waals surface area (Å²) in [4.78, 5) is 20.2. The fraction of sp³-hybridized carbons (Fsp3) is 0.0833. The van der Waals surface area contributed by atoms with Gasteiger partial charge in [-0.05, 0) is 60.5 Å². The van der Waals surface area contributed by atoms with Crippen LogP contribution in [-0.4, -0.2) is 20.6 Å². The van der Waals surface area contributed by atoms with Crippen LogP contribution in [0.1, 0.15) is 11.1 Å². The first-order chi connectivity index (χ1) is 15.1. The van der Waals surface area contributed by atoms with Gasteiger partial charge >= 0.3 is 6.03 Å². The van der Waals surface area contributed by atoms with Crippen LogP contribution in [0.5, 0.6) is 0 Å². The van der Waals surface area contributed by atoms with Gasteiger partial charge in [-0.3, -0.25) is 0 Å². The summed E-state index contributed by atoms with van der Waals surface area (Å²) < 4.78 is 3.13. The lowest BCUT2D eigenvalue weighted by Gasteiger charge is -2.12. The molecule has 0 radical (unpaired) electrons. The van der Waals surface area contributed by atoms with E-state index in [1.165, 1.54) is 5.56 Å². The van der Waals surface area contributed by atoms with Crippen molar-refractivity contribution < 1.29 is 4.79 Å². The van der Waals surface area contributed by atoms with Crippen molar-refractivity contribution >= 4 is 55.3 Å². The number of aromatic amines is 1. The minimum absolute atomic E-state index is 0.274. The fourth-order valence-electron chi connectivity index (χ4n) is 3.83. The van der Waals surface area contributed by atoms with Gasteiger partial charge in [0.1, 0.15) is 5.65 Å². The van der Waals surface area contributed by atoms with E-state index in [0.717, 1.165) is 43.3 Å². The molecule has 0 aliphatic rings. The third-order valence-corrected chi connectivity index (χ3v) is 6.33. The van der Waals surface area contributed by atoms with E-state index in [9.17, 15) is 4.79 Å². The molecule has 3 aromatic heterocycles. The average molecular weight is 474 g/mol. The number of nitrogens with one attached hydrogen (secondary N) is 3. The number of halogens is 1. The number of hydrogen-bond donors (Lipinski definition) is 3. The number of fused-ring (bicyclic) bond motifs is 2. The third-order valence-electron chi connectivity index (χ3n) is 5.47. The van der Waals surface area contributed by atoms with E-state index in [1.807, 2.05) is 74.0 Å². The van der Waals surface area contributed by atoms with E-state index in [4.69, 9.17) is 0 Å². The molecule has 7 heteroatoms. The van der Waals surface area contributed by atoms with Gasteiger partial charge < -0.3 is 20.2 Å². The van der Waals surface area contributed by atoms with E-state index in [-0.39, 0.29) is 6.03 Å². The molecule has 3 N–H and O–H groups in total. The highest BCUT2D eigenvalue weighted by molar-refractivity contribution is 9.10. The van der Waals surface area contributed by atoms with Crippen LogP contribution in [0.3, 0.4) is 0 Å². The summed E-state index contributed by atoms with van der Waals surface area (Å²) in [5, 5.41) is 8.02. The van der Waals surface area contributed by atoms with Crippen LogP contribution in [0.4, 0.5) is 16.2 Å². The number of hydrogen-bond acceptors (Lipinski definition) is 2. The third kappa shape index (κ3) is 3.68. The van der Waals surface area contributed by atoms with Crippen LogP contribution in [0, 0.1) is 6.92 Å². The van der Waals surface area contributed by atoms with Gasteiger partial charge in [-0.25, -0.2) is 9.78 Å². The molecule has 2 aromatic carbocycles. The normalized spacial score (nSPS) is 11.2. The number of urea groups is 1. The standard InChI is InChI=1S/C24H20BrN5O/c1-15-19(25)4-2-5-20(15)28-24(31)29-21-6-3-7-22-18(21)10-13-30(22)14-16-8-11-26-23-17(16)9-12-27-23/h2-13H,14H2,1H3,(H,26,27)(H2,28,29,31). The Labute approximate surface area is 187 Å². The van der Waals surface area contributed by atoms with Gasteiger partial charge in [0.2, 0.25) is 0 Å². The van der Waals surface area contributed by atoms with Gasteiger partial charge in [0.25, 0.3) is 0 Å². The highest BCUT2D eigenvalue weighted by Gasteiger charge is 2.12. The van der Waals surface area contributed by atoms with Crippen LogP contribution in [0.25, 0.3) is 21.9 Å². The van der Waals surface area contributed by atoms with Gasteiger partial charge in [0.15, 0.2) is 0 Å². The molecule has 0 fully saturated rings. The molecular weight excluding hydrogens is 454 g/mol. The number of carbonyl (C=O) groups excluding carboxylic acids is 1. The Morgan fingerprint density at radius 3 is 2.74 bits per heavy atom. The van der Waals surface area contributed by atoms with E-state index >= 15 is 0 Å². The number of H-pyrrole nitrogens is 1. The zero-order valence-electron chi connectivity index (χ0n) is 16.8. The number of nitrogens with zero attached hydrogens (tertiary/aromatic N) is 2. The Morgan fingerprint density at radius 1 is 1.03 bits per heavy atom. The Hall–Kier alpha value is -3.58. The van der Waals surface area contributed by atoms with Crippen molar-refractivity contribution in [3.05, 3.63) is 88.8 Å². The molecule has 0 bridgehead atoms. The molecule has 0 saturated carbocycles. The fourth-order valence-corrected chi connectivity index (χ4v) is 4.19. The molecule has 2 amide bonds. The molecule has 0 unspecified atom stereocenters. The van der Waals surface area contributed by atoms with Crippen molar-refractivity contribution in [1.82, 2.24) is 14.5 Å². The summed E-state index contributed by atoms with van der Waals surface area (Å²) in [6.45, 7) is 2.67. The lowest BCUT2D eigenvalue weighted by atomic mass is 10.2. The van der Waals surface area contributed by atoms with E-state index in [2.05, 4.69) is 47.2 Å². The second-order valence-electron chi connectivity index (χ2n) is 7.38. The van der Waals surface area contributed by atoms with Crippen LogP contribution in [0.2, 0.25) is 0 Å². The summed E-state index contributed by atoms with van der Waals surface area (Å²) in [7, 11) is 0. The first-order valence-electron chi connectivity index (χ1n) is 9.92. The molecule has 5 aromatic rings. The quantitative estimate of drug-likeness (QED) is 0.287. The highest BCUT2D eigenvalue weighted by Crippen LogP contribution is 2.27. The second kappa shape index (κ2) is 7.92. The van der Waals surface area contributed by atoms with Crippen LogP contribution in [0.15, 0.2) is 77.7 Å². The van der Waals surface area contributed by atoms with E-state index < -0.39 is 0 Å². The number of aromatic nitrogens is 3. The monoisotopic (exact) mass is 473 g/mol. The first kappa shape index (κ1) is 19.4. The Bertz CT molecular complexity index is 1420. The smallest absolute Gasteiger partial charge is 0.323 e. The SMILES string of the molecule is Cc1c(Br)cccc1NC(=O)Nc1cccc2c1ccn2Cc1ccnc2[nH]ccc12. The lowest BCUT2D eigenvalue weighted by molar-refractivity contribution is 0.262. The molecule has 0 atom stereocenters. The van der Waals surface area contributed by atoms with Crippen molar-refractivity contribution in [1.29, 1.82) is 0 Å². The number of benzene rings is 2. The molecule has 0 aliphatic heterocycles. The molecule has 154 valence electrons. The Kier molecular flexibility index (Phi) is 4.95. The molecule has 0 saturated heterocycles. The Morgan fingerprint density at radius 2 is 1.84 bits per heavy atom. The summed E-state index contributed by atoms with van der Waals surface area (Å²) >= 11 is 3.50. The van der Waals surface area contributed by atoms with Crippen LogP contribution in [-0.2, 0) is 6.54 Å². The minimum atomic E-state index is -0.274. The van der Waals surface area contributed by atoms with Gasteiger partial charge in [0, 0.05) is 46.1 Å². The molecule has 0 aliphatic carbocycles. The molecule has 0 spiro atoms. The molecule has 5 rings (SSSR count). The summed E-state index contributed by atoms with van der Waals surface area (Å²) in [5.41, 5.74) is 5.64. The van der Waals surface area contributed by atoms with E-state index in [1.54, 1.807) is 0 Å². The van der Waals surface area contributed by atoms with Gasteiger partial charge in [0.05, 0.1) is 11.2 Å². The minimum Gasteiger partial charge on any atom is -0.346 e. The predicted molar refractivity (Wildman–Crippen MR) is 129 cm³/mol. The number of anilines is 2. The maximum Gasteiger partial charge on any atom is 0.323 e. The van der Waals surface area contributed by atoms with Crippen molar-refractivity contribution in [2.75, 3.05) is 10.6 Å². The first-order valence-corrected chi connectivity index (χ1v) is 10.7. The lowest BCUT2D eigenvalue weighted by Crippen LogP contribution is -2.20. The maximum absolute atomic E-state index is 12.6. The average Bonchev–Trinajstić information content (AvgIpc) is 3.40. The number of rotatable bonds is 4. The molecule has 6 nitrogen and oxygen atoms in total. The number of carbonyl (C=O) groups is 1. The summed E-state index contributed by atoms with van der Waals surface area (Å²) in [6.07, 6.45) is 5.77. The molecule has 3 heterocycles. The van der Waals surface area contributed by atoms with Crippen LogP contribution < -0.4 is 10.6 Å². The number of pyridine rings is 1. The second-order valence-corrected chi connectivity index (χ2v) is 8.24. The summed E-state index contributed by atoms with van der Waals surface area (Å²) in [5.74, 6) is 0. The Balaban J connectivity index is 1.41. The zero-order chi connectivity index (χ0) is 21.4. The van der Waals surface area contributed by atoms with Crippen molar-refractivity contribution in [2.24, 2.45) is 0 Å². The van der Waals surface area contributed by atoms with E-state index in [0.29, 0.717) is 6.54 Å². The van der Waals surface area contributed by atoms with Gasteiger partial charge in [-0.1, -0.05) is 28.1 Å². The largest absolute Gasteiger partial charge is 0.346 e. The van der Waals surface area contributed by atoms with Gasteiger partial charge in [-0.2, -0.15) is 0 Å². The zero-order valence-corrected chi connectivity index (χ0v) is 18.4. The highest BCUT2D eigenvalue weighted by atomic mass is 79.9. The van der Waals surface area contributed by atoms with Crippen molar-refractivity contribution in [3.63, 3.8) is 0 Å². The van der Waals surface area contributed by atoms with Crippen molar-refractivity contribution in [3.8, 4) is 0 Å². The molecular formula is C24H20BrN5O.